The quantitative estimate of drug-likeness (QED) is 0.864. The third kappa shape index (κ3) is 2.47. The molecule has 18 heavy (non-hydrogen) atoms. The first-order valence-electron chi connectivity index (χ1n) is 5.18. The fourth-order valence-corrected chi connectivity index (χ4v) is 1.87. The molecule has 0 fully saturated rings. The third-order valence-electron chi connectivity index (χ3n) is 2.44. The number of aliphatic hydroxyl groups excluding tert-OH is 1. The van der Waals surface area contributed by atoms with E-state index in [1.807, 2.05) is 30.3 Å². The number of Topliss-reactive ketones (excluding diaryl/α,β-unsaturated/α-hetero) is 1. The highest BCUT2D eigenvalue weighted by Gasteiger charge is 2.29. The van der Waals surface area contributed by atoms with Crippen LogP contribution >= 0.6 is 23.2 Å². The number of aliphatic imine (C=N–C) groups is 1. The van der Waals surface area contributed by atoms with Gasteiger partial charge in [0.2, 0.25) is 5.78 Å². The molecule has 1 aromatic rings. The predicted octanol–water partition coefficient (Wildman–Crippen LogP) is 3.34. The number of nitrogens with zero attached hydrogens (tertiary/aromatic N) is 1. The number of hydrogen-bond donors (Lipinski definition) is 1. The van der Waals surface area contributed by atoms with E-state index < -0.39 is 5.78 Å². The molecule has 1 aliphatic carbocycles. The molecule has 0 unspecified atom stereocenters. The van der Waals surface area contributed by atoms with E-state index >= 15 is 0 Å². The minimum Gasteiger partial charge on any atom is -0.505 e. The van der Waals surface area contributed by atoms with Crippen molar-refractivity contribution in [2.45, 2.75) is 6.54 Å². The summed E-state index contributed by atoms with van der Waals surface area (Å²) in [5, 5.41) is 9.30. The average molecular weight is 282 g/mol. The number of rotatable bonds is 3. The Bertz CT molecular complexity index is 574. The molecule has 0 heterocycles. The van der Waals surface area contributed by atoms with Crippen molar-refractivity contribution in [2.24, 2.45) is 4.99 Å². The van der Waals surface area contributed by atoms with Crippen molar-refractivity contribution in [3.8, 4) is 0 Å². The highest BCUT2D eigenvalue weighted by atomic mass is 35.5. The molecule has 0 bridgehead atoms. The van der Waals surface area contributed by atoms with Crippen molar-refractivity contribution in [3.63, 3.8) is 0 Å². The number of hydrogen-bond acceptors (Lipinski definition) is 3. The zero-order chi connectivity index (χ0) is 13.1. The lowest BCUT2D eigenvalue weighted by molar-refractivity contribution is -0.111. The van der Waals surface area contributed by atoms with Crippen LogP contribution in [0.5, 0.6) is 0 Å². The van der Waals surface area contributed by atoms with E-state index in [2.05, 4.69) is 4.99 Å². The summed E-state index contributed by atoms with van der Waals surface area (Å²) in [5.41, 5.74) is 1.03. The van der Waals surface area contributed by atoms with Crippen LogP contribution in [0.3, 0.4) is 0 Å². The maximum absolute atomic E-state index is 11.6. The summed E-state index contributed by atoms with van der Waals surface area (Å²) in [7, 11) is 0. The predicted molar refractivity (Wildman–Crippen MR) is 72.0 cm³/mol. The topological polar surface area (TPSA) is 49.7 Å². The van der Waals surface area contributed by atoms with Crippen LogP contribution in [0.4, 0.5) is 0 Å². The van der Waals surface area contributed by atoms with E-state index in [-0.39, 0.29) is 21.4 Å². The molecule has 0 amide bonds. The monoisotopic (exact) mass is 281 g/mol. The maximum atomic E-state index is 11.6. The van der Waals surface area contributed by atoms with Crippen LogP contribution in [0, 0.1) is 0 Å². The van der Waals surface area contributed by atoms with Crippen molar-refractivity contribution in [1.82, 2.24) is 0 Å². The molecule has 2 rings (SSSR count). The molecule has 0 aromatic heterocycles. The van der Waals surface area contributed by atoms with Crippen LogP contribution in [0.25, 0.3) is 0 Å². The molecule has 0 radical (unpaired) electrons. The molecule has 0 spiro atoms. The van der Waals surface area contributed by atoms with Gasteiger partial charge in [-0.05, 0) is 5.56 Å². The van der Waals surface area contributed by atoms with Gasteiger partial charge in [-0.1, -0.05) is 53.5 Å². The van der Waals surface area contributed by atoms with Gasteiger partial charge in [0, 0.05) is 6.21 Å². The fourth-order valence-electron chi connectivity index (χ4n) is 1.49. The first-order chi connectivity index (χ1) is 8.61. The standard InChI is InChI=1S/C13H9Cl2NO2/c14-10-11(15)13(18)9(12(10)17)7-16-6-8-4-2-1-3-5-8/h1-5,7,17H,6H2. The number of aliphatic hydroxyl groups is 1. The Morgan fingerprint density at radius 2 is 1.83 bits per heavy atom. The van der Waals surface area contributed by atoms with Gasteiger partial charge in [0.15, 0.2) is 0 Å². The van der Waals surface area contributed by atoms with Gasteiger partial charge in [-0.2, -0.15) is 0 Å². The third-order valence-corrected chi connectivity index (χ3v) is 3.26. The van der Waals surface area contributed by atoms with Crippen molar-refractivity contribution < 1.29 is 9.90 Å². The van der Waals surface area contributed by atoms with Gasteiger partial charge >= 0.3 is 0 Å². The summed E-state index contributed by atoms with van der Waals surface area (Å²) >= 11 is 11.3. The van der Waals surface area contributed by atoms with Gasteiger partial charge in [0.25, 0.3) is 0 Å². The summed E-state index contributed by atoms with van der Waals surface area (Å²) in [6.07, 6.45) is 1.29. The molecule has 0 atom stereocenters. The lowest BCUT2D eigenvalue weighted by Crippen LogP contribution is -2.01. The summed E-state index contributed by atoms with van der Waals surface area (Å²) in [4.78, 5) is 15.7. The summed E-state index contributed by atoms with van der Waals surface area (Å²) in [6.45, 7) is 0.417. The van der Waals surface area contributed by atoms with Gasteiger partial charge in [0.1, 0.15) is 15.8 Å². The van der Waals surface area contributed by atoms with Gasteiger partial charge in [-0.3, -0.25) is 9.79 Å². The minimum absolute atomic E-state index is 0.0286. The second-order valence-electron chi connectivity index (χ2n) is 3.67. The SMILES string of the molecule is O=C1C(Cl)=C(Cl)C(O)=C1C=NCc1ccccc1. The summed E-state index contributed by atoms with van der Waals surface area (Å²) < 4.78 is 0. The van der Waals surface area contributed by atoms with E-state index in [0.717, 1.165) is 5.56 Å². The summed E-state index contributed by atoms with van der Waals surface area (Å²) in [5.74, 6) is -0.820. The van der Waals surface area contributed by atoms with Crippen LogP contribution in [0.15, 0.2) is 56.7 Å². The lowest BCUT2D eigenvalue weighted by Gasteiger charge is -1.96. The molecule has 1 aliphatic rings. The van der Waals surface area contributed by atoms with Gasteiger partial charge in [-0.15, -0.1) is 0 Å². The van der Waals surface area contributed by atoms with Gasteiger partial charge in [0.05, 0.1) is 12.1 Å². The minimum atomic E-state index is -0.504. The molecular formula is C13H9Cl2NO2. The van der Waals surface area contributed by atoms with Crippen LogP contribution in [-0.4, -0.2) is 17.1 Å². The molecule has 3 nitrogen and oxygen atoms in total. The Labute approximate surface area is 114 Å². The maximum Gasteiger partial charge on any atom is 0.211 e. The molecule has 1 N–H and O–H groups in total. The molecule has 0 aliphatic heterocycles. The van der Waals surface area contributed by atoms with Crippen LogP contribution < -0.4 is 0 Å². The smallest absolute Gasteiger partial charge is 0.211 e. The Morgan fingerprint density at radius 1 is 1.17 bits per heavy atom. The largest absolute Gasteiger partial charge is 0.505 e. The molecule has 0 saturated heterocycles. The second kappa shape index (κ2) is 5.38. The second-order valence-corrected chi connectivity index (χ2v) is 4.43. The molecule has 0 saturated carbocycles. The fraction of sp³-hybridized carbons (Fsp3) is 0.0769. The number of ketones is 1. The van der Waals surface area contributed by atoms with E-state index in [9.17, 15) is 9.90 Å². The Morgan fingerprint density at radius 3 is 2.39 bits per heavy atom. The molecule has 5 heteroatoms. The van der Waals surface area contributed by atoms with Crippen LogP contribution in [0.2, 0.25) is 0 Å². The zero-order valence-corrected chi connectivity index (χ0v) is 10.7. The van der Waals surface area contributed by atoms with Crippen molar-refractivity contribution in [1.29, 1.82) is 0 Å². The highest BCUT2D eigenvalue weighted by molar-refractivity contribution is 6.55. The van der Waals surface area contributed by atoms with E-state index in [0.29, 0.717) is 6.54 Å². The van der Waals surface area contributed by atoms with E-state index in [1.165, 1.54) is 6.21 Å². The highest BCUT2D eigenvalue weighted by Crippen LogP contribution is 2.31. The van der Waals surface area contributed by atoms with Gasteiger partial charge in [-0.25, -0.2) is 0 Å². The van der Waals surface area contributed by atoms with Crippen molar-refractivity contribution in [3.05, 3.63) is 57.3 Å². The molecule has 92 valence electrons. The number of halogens is 2. The Kier molecular flexibility index (Phi) is 3.84. The molecule has 1 aromatic carbocycles. The van der Waals surface area contributed by atoms with Crippen molar-refractivity contribution >= 4 is 35.2 Å². The lowest BCUT2D eigenvalue weighted by atomic mass is 10.2. The van der Waals surface area contributed by atoms with E-state index in [1.54, 1.807) is 0 Å². The number of allylic oxidation sites excluding steroid dienone is 3. The van der Waals surface area contributed by atoms with Crippen LogP contribution in [-0.2, 0) is 11.3 Å². The first kappa shape index (κ1) is 12.9. The first-order valence-corrected chi connectivity index (χ1v) is 5.94. The number of carbonyl (C=O) groups excluding carboxylic acids is 1. The number of benzene rings is 1. The van der Waals surface area contributed by atoms with E-state index in [4.69, 9.17) is 23.2 Å². The molecular weight excluding hydrogens is 273 g/mol. The normalized spacial score (nSPS) is 16.2. The van der Waals surface area contributed by atoms with Crippen LogP contribution in [0.1, 0.15) is 5.56 Å². The zero-order valence-electron chi connectivity index (χ0n) is 9.23. The average Bonchev–Trinajstić information content (AvgIpc) is 2.57. The summed E-state index contributed by atoms with van der Waals surface area (Å²) in [6, 6.07) is 9.54. The van der Waals surface area contributed by atoms with Gasteiger partial charge < -0.3 is 5.11 Å². The number of carbonyl (C=O) groups is 1. The Hall–Kier alpha value is -1.58. The van der Waals surface area contributed by atoms with Crippen molar-refractivity contribution in [2.75, 3.05) is 0 Å². The Balaban J connectivity index is 2.10.